The first-order valence-electron chi connectivity index (χ1n) is 8.59. The quantitative estimate of drug-likeness (QED) is 0.642. The summed E-state index contributed by atoms with van der Waals surface area (Å²) in [5.74, 6) is 2.40. The average Bonchev–Trinajstić information content (AvgIpc) is 2.64. The highest BCUT2D eigenvalue weighted by molar-refractivity contribution is 5.80. The zero-order chi connectivity index (χ0) is 18.2. The first-order chi connectivity index (χ1) is 12.1. The molecule has 1 aromatic rings. The monoisotopic (exact) mass is 348 g/mol. The Morgan fingerprint density at radius 1 is 1.16 bits per heavy atom. The number of ether oxygens (including phenoxy) is 2. The fourth-order valence-corrected chi connectivity index (χ4v) is 2.90. The number of hydrogen-bond donors (Lipinski definition) is 1. The molecule has 1 heterocycles. The van der Waals surface area contributed by atoms with Crippen LogP contribution in [0, 0.1) is 0 Å². The molecule has 0 bridgehead atoms. The predicted octanol–water partition coefficient (Wildman–Crippen LogP) is 1.33. The summed E-state index contributed by atoms with van der Waals surface area (Å²) in [4.78, 5) is 20.3. The van der Waals surface area contributed by atoms with Gasteiger partial charge >= 0.3 is 0 Å². The Morgan fingerprint density at radius 3 is 2.40 bits per heavy atom. The maximum Gasteiger partial charge on any atom is 0.219 e. The highest BCUT2D eigenvalue weighted by Crippen LogP contribution is 2.31. The fraction of sp³-hybridized carbons (Fsp3) is 0.556. The van der Waals surface area contributed by atoms with Crippen LogP contribution in [0.4, 0.5) is 0 Å². The molecule has 0 radical (unpaired) electrons. The number of methoxy groups -OCH3 is 2. The van der Waals surface area contributed by atoms with Gasteiger partial charge in [-0.15, -0.1) is 0 Å². The van der Waals surface area contributed by atoms with Gasteiger partial charge in [-0.05, 0) is 13.0 Å². The summed E-state index contributed by atoms with van der Waals surface area (Å²) in [5, 5.41) is 3.33. The van der Waals surface area contributed by atoms with Crippen LogP contribution in [0.3, 0.4) is 0 Å². The predicted molar refractivity (Wildman–Crippen MR) is 98.2 cm³/mol. The molecule has 1 amide bonds. The van der Waals surface area contributed by atoms with Crippen LogP contribution in [-0.4, -0.2) is 68.6 Å². The SMILES string of the molecule is CCNC(=NCc1cccc(OC)c1OC)N1CCN(C(C)=O)CC1. The van der Waals surface area contributed by atoms with Crippen LogP contribution < -0.4 is 14.8 Å². The van der Waals surface area contributed by atoms with E-state index in [9.17, 15) is 4.79 Å². The minimum absolute atomic E-state index is 0.128. The third-order valence-electron chi connectivity index (χ3n) is 4.24. The number of nitrogens with one attached hydrogen (secondary N) is 1. The summed E-state index contributed by atoms with van der Waals surface area (Å²) >= 11 is 0. The lowest BCUT2D eigenvalue weighted by Crippen LogP contribution is -2.53. The topological polar surface area (TPSA) is 66.4 Å². The van der Waals surface area contributed by atoms with E-state index < -0.39 is 0 Å². The van der Waals surface area contributed by atoms with Crippen molar-refractivity contribution >= 4 is 11.9 Å². The molecular weight excluding hydrogens is 320 g/mol. The Hall–Kier alpha value is -2.44. The Morgan fingerprint density at radius 2 is 1.84 bits per heavy atom. The van der Waals surface area contributed by atoms with Gasteiger partial charge in [0.15, 0.2) is 17.5 Å². The van der Waals surface area contributed by atoms with E-state index in [4.69, 9.17) is 14.5 Å². The third-order valence-corrected chi connectivity index (χ3v) is 4.24. The van der Waals surface area contributed by atoms with Crippen molar-refractivity contribution in [3.8, 4) is 11.5 Å². The van der Waals surface area contributed by atoms with Crippen LogP contribution in [-0.2, 0) is 11.3 Å². The second kappa shape index (κ2) is 9.15. The first kappa shape index (κ1) is 18.9. The van der Waals surface area contributed by atoms with Crippen LogP contribution in [0.25, 0.3) is 0 Å². The number of carbonyl (C=O) groups is 1. The van der Waals surface area contributed by atoms with Gasteiger partial charge in [-0.25, -0.2) is 4.99 Å². The molecule has 25 heavy (non-hydrogen) atoms. The van der Waals surface area contributed by atoms with E-state index in [2.05, 4.69) is 10.2 Å². The van der Waals surface area contributed by atoms with Crippen molar-refractivity contribution in [3.05, 3.63) is 23.8 Å². The molecule has 1 aliphatic rings. The number of amides is 1. The molecule has 7 heteroatoms. The van der Waals surface area contributed by atoms with Gasteiger partial charge in [0, 0.05) is 45.2 Å². The molecule has 1 N–H and O–H groups in total. The molecule has 1 aliphatic heterocycles. The maximum atomic E-state index is 11.5. The first-order valence-corrected chi connectivity index (χ1v) is 8.59. The number of guanidine groups is 1. The summed E-state index contributed by atoms with van der Waals surface area (Å²) in [7, 11) is 3.26. The highest BCUT2D eigenvalue weighted by atomic mass is 16.5. The number of carbonyl (C=O) groups excluding carboxylic acids is 1. The third kappa shape index (κ3) is 4.78. The zero-order valence-corrected chi connectivity index (χ0v) is 15.5. The summed E-state index contributed by atoms with van der Waals surface area (Å²) in [5.41, 5.74) is 0.972. The zero-order valence-electron chi connectivity index (χ0n) is 15.5. The van der Waals surface area contributed by atoms with Crippen LogP contribution in [0.2, 0.25) is 0 Å². The van der Waals surface area contributed by atoms with Crippen LogP contribution in [0.5, 0.6) is 11.5 Å². The number of piperazine rings is 1. The Bertz CT molecular complexity index is 610. The molecule has 1 fully saturated rings. The van der Waals surface area contributed by atoms with Gasteiger partial charge in [-0.3, -0.25) is 4.79 Å². The lowest BCUT2D eigenvalue weighted by atomic mass is 10.2. The highest BCUT2D eigenvalue weighted by Gasteiger charge is 2.21. The van der Waals surface area contributed by atoms with Crippen molar-refractivity contribution in [2.75, 3.05) is 46.9 Å². The summed E-state index contributed by atoms with van der Waals surface area (Å²) in [6.07, 6.45) is 0. The van der Waals surface area contributed by atoms with Crippen molar-refractivity contribution in [1.29, 1.82) is 0 Å². The Balaban J connectivity index is 2.12. The molecule has 0 saturated carbocycles. The minimum atomic E-state index is 0.128. The van der Waals surface area contributed by atoms with Gasteiger partial charge in [0.25, 0.3) is 0 Å². The van der Waals surface area contributed by atoms with Crippen molar-refractivity contribution in [1.82, 2.24) is 15.1 Å². The van der Waals surface area contributed by atoms with E-state index >= 15 is 0 Å². The van der Waals surface area contributed by atoms with E-state index in [1.165, 1.54) is 0 Å². The fourth-order valence-electron chi connectivity index (χ4n) is 2.90. The minimum Gasteiger partial charge on any atom is -0.493 e. The van der Waals surface area contributed by atoms with E-state index in [0.717, 1.165) is 44.2 Å². The van der Waals surface area contributed by atoms with Crippen LogP contribution in [0.15, 0.2) is 23.2 Å². The molecule has 7 nitrogen and oxygen atoms in total. The van der Waals surface area contributed by atoms with Crippen LogP contribution >= 0.6 is 0 Å². The summed E-state index contributed by atoms with van der Waals surface area (Å²) < 4.78 is 10.8. The van der Waals surface area contributed by atoms with E-state index in [0.29, 0.717) is 18.0 Å². The second-order valence-corrected chi connectivity index (χ2v) is 5.82. The standard InChI is InChI=1S/C18H28N4O3/c1-5-19-18(22-11-9-21(10-12-22)14(2)23)20-13-15-7-6-8-16(24-3)17(15)25-4/h6-8H,5,9-13H2,1-4H3,(H,19,20). The molecule has 0 atom stereocenters. The van der Waals surface area contributed by atoms with Gasteiger partial charge in [0.1, 0.15) is 0 Å². The number of para-hydroxylation sites is 1. The lowest BCUT2D eigenvalue weighted by molar-refractivity contribution is -0.130. The molecule has 0 spiro atoms. The molecule has 1 aromatic carbocycles. The number of rotatable bonds is 5. The maximum absolute atomic E-state index is 11.5. The van der Waals surface area contributed by atoms with E-state index in [-0.39, 0.29) is 5.91 Å². The van der Waals surface area contributed by atoms with Gasteiger partial charge in [0.2, 0.25) is 5.91 Å². The molecule has 0 aromatic heterocycles. The van der Waals surface area contributed by atoms with Gasteiger partial charge in [-0.2, -0.15) is 0 Å². The number of nitrogens with zero attached hydrogens (tertiary/aromatic N) is 3. The van der Waals surface area contributed by atoms with Gasteiger partial charge in [-0.1, -0.05) is 12.1 Å². The van der Waals surface area contributed by atoms with Crippen molar-refractivity contribution in [2.45, 2.75) is 20.4 Å². The Kier molecular flexibility index (Phi) is 6.91. The van der Waals surface area contributed by atoms with E-state index in [1.807, 2.05) is 30.0 Å². The molecular formula is C18H28N4O3. The number of benzene rings is 1. The Labute approximate surface area is 149 Å². The number of aliphatic imine (C=N–C) groups is 1. The second-order valence-electron chi connectivity index (χ2n) is 5.82. The lowest BCUT2D eigenvalue weighted by Gasteiger charge is -2.36. The molecule has 1 saturated heterocycles. The number of hydrogen-bond acceptors (Lipinski definition) is 4. The summed E-state index contributed by atoms with van der Waals surface area (Å²) in [6.45, 7) is 7.96. The van der Waals surface area contributed by atoms with Crippen molar-refractivity contribution < 1.29 is 14.3 Å². The molecule has 138 valence electrons. The van der Waals surface area contributed by atoms with Gasteiger partial charge < -0.3 is 24.6 Å². The molecule has 0 aliphatic carbocycles. The molecule has 2 rings (SSSR count). The smallest absolute Gasteiger partial charge is 0.219 e. The van der Waals surface area contributed by atoms with Gasteiger partial charge in [0.05, 0.1) is 20.8 Å². The largest absolute Gasteiger partial charge is 0.493 e. The van der Waals surface area contributed by atoms with E-state index in [1.54, 1.807) is 21.1 Å². The molecule has 0 unspecified atom stereocenters. The average molecular weight is 348 g/mol. The normalized spacial score (nSPS) is 15.1. The van der Waals surface area contributed by atoms with Crippen LogP contribution in [0.1, 0.15) is 19.4 Å². The van der Waals surface area contributed by atoms with Crippen molar-refractivity contribution in [3.63, 3.8) is 0 Å². The summed E-state index contributed by atoms with van der Waals surface area (Å²) in [6, 6.07) is 5.80. The van der Waals surface area contributed by atoms with Crippen molar-refractivity contribution in [2.24, 2.45) is 4.99 Å².